The summed E-state index contributed by atoms with van der Waals surface area (Å²) in [6.07, 6.45) is 1.40. The van der Waals surface area contributed by atoms with Gasteiger partial charge in [0.1, 0.15) is 17.4 Å². The predicted molar refractivity (Wildman–Crippen MR) is 126 cm³/mol. The summed E-state index contributed by atoms with van der Waals surface area (Å²) in [6.45, 7) is 5.98. The van der Waals surface area contributed by atoms with Gasteiger partial charge in [0.2, 0.25) is 0 Å². The van der Waals surface area contributed by atoms with Crippen molar-refractivity contribution in [3.05, 3.63) is 54.7 Å². The lowest BCUT2D eigenvalue weighted by molar-refractivity contribution is -0.112. The number of benzene rings is 2. The molecule has 0 spiro atoms. The van der Waals surface area contributed by atoms with E-state index >= 15 is 0 Å². The van der Waals surface area contributed by atoms with Gasteiger partial charge in [-0.3, -0.25) is 4.79 Å². The van der Waals surface area contributed by atoms with Crippen LogP contribution in [0.4, 0.5) is 11.4 Å². The van der Waals surface area contributed by atoms with Gasteiger partial charge in [-0.2, -0.15) is 5.26 Å². The number of nitriles is 1. The normalized spacial score (nSPS) is 11.0. The van der Waals surface area contributed by atoms with Gasteiger partial charge >= 0.3 is 0 Å². The lowest BCUT2D eigenvalue weighted by Gasteiger charge is -2.21. The summed E-state index contributed by atoms with van der Waals surface area (Å²) in [4.78, 5) is 14.7. The fraction of sp³-hybridized carbons (Fsp3) is 0.200. The van der Waals surface area contributed by atoms with Crippen LogP contribution in [0.3, 0.4) is 0 Å². The van der Waals surface area contributed by atoms with Crippen LogP contribution < -0.4 is 10.2 Å². The Hall–Kier alpha value is -1.80. The first-order valence-corrected chi connectivity index (χ1v) is 10.5. The van der Waals surface area contributed by atoms with Crippen molar-refractivity contribution < 1.29 is 9.90 Å². The number of phenols is 1. The number of amides is 1. The zero-order valence-corrected chi connectivity index (χ0v) is 19.3. The second-order valence-electron chi connectivity index (χ2n) is 5.67. The summed E-state index contributed by atoms with van der Waals surface area (Å²) in [5, 5.41) is 22.3. The van der Waals surface area contributed by atoms with Gasteiger partial charge in [0.05, 0.1) is 3.57 Å². The van der Waals surface area contributed by atoms with Crippen LogP contribution >= 0.6 is 45.2 Å². The van der Waals surface area contributed by atoms with Crippen molar-refractivity contribution >= 4 is 68.5 Å². The van der Waals surface area contributed by atoms with E-state index in [1.165, 1.54) is 6.08 Å². The minimum Gasteiger partial charge on any atom is -0.506 e. The Morgan fingerprint density at radius 2 is 1.85 bits per heavy atom. The van der Waals surface area contributed by atoms with Crippen LogP contribution in [0, 0.1) is 18.5 Å². The highest BCUT2D eigenvalue weighted by Gasteiger charge is 2.13. The summed E-state index contributed by atoms with van der Waals surface area (Å²) in [7, 11) is 0. The first-order chi connectivity index (χ1) is 12.9. The summed E-state index contributed by atoms with van der Waals surface area (Å²) in [5.74, 6) is -0.457. The fourth-order valence-electron chi connectivity index (χ4n) is 2.54. The van der Waals surface area contributed by atoms with Crippen LogP contribution in [-0.4, -0.2) is 24.1 Å². The van der Waals surface area contributed by atoms with Gasteiger partial charge in [-0.1, -0.05) is 0 Å². The monoisotopic (exact) mass is 587 g/mol. The lowest BCUT2D eigenvalue weighted by atomic mass is 10.1. The van der Waals surface area contributed by atoms with Crippen molar-refractivity contribution in [2.24, 2.45) is 0 Å². The number of carbonyl (C=O) groups excluding carboxylic acids is 1. The first kappa shape index (κ1) is 21.5. The molecule has 0 aliphatic carbocycles. The molecule has 0 bridgehead atoms. The van der Waals surface area contributed by atoms with Gasteiger partial charge in [-0.15, -0.1) is 0 Å². The van der Waals surface area contributed by atoms with Crippen LogP contribution in [0.2, 0.25) is 0 Å². The second kappa shape index (κ2) is 9.94. The van der Waals surface area contributed by atoms with Gasteiger partial charge in [-0.25, -0.2) is 0 Å². The van der Waals surface area contributed by atoms with E-state index in [0.29, 0.717) is 14.8 Å². The fourth-order valence-corrected chi connectivity index (χ4v) is 4.43. The van der Waals surface area contributed by atoms with E-state index in [9.17, 15) is 15.2 Å². The van der Waals surface area contributed by atoms with Crippen molar-refractivity contribution in [1.29, 1.82) is 5.26 Å². The number of rotatable bonds is 6. The van der Waals surface area contributed by atoms with E-state index in [1.54, 1.807) is 6.07 Å². The summed E-state index contributed by atoms with van der Waals surface area (Å²) in [6, 6.07) is 12.9. The highest BCUT2D eigenvalue weighted by molar-refractivity contribution is 14.1. The van der Waals surface area contributed by atoms with E-state index in [4.69, 9.17) is 0 Å². The molecular formula is C20H19I2N3O2. The van der Waals surface area contributed by atoms with Gasteiger partial charge in [0.25, 0.3) is 5.91 Å². The third-order valence-electron chi connectivity index (χ3n) is 3.98. The van der Waals surface area contributed by atoms with Gasteiger partial charge < -0.3 is 15.3 Å². The molecule has 2 rings (SSSR count). The molecule has 2 N–H and O–H groups in total. The molecule has 0 atom stereocenters. The molecule has 0 aliphatic rings. The molecule has 5 nitrogen and oxygen atoms in total. The van der Waals surface area contributed by atoms with E-state index < -0.39 is 5.91 Å². The molecule has 2 aromatic rings. The highest BCUT2D eigenvalue weighted by Crippen LogP contribution is 2.29. The summed E-state index contributed by atoms with van der Waals surface area (Å²) in [5.41, 5.74) is 2.05. The van der Waals surface area contributed by atoms with Crippen molar-refractivity contribution in [2.45, 2.75) is 13.8 Å². The van der Waals surface area contributed by atoms with Gasteiger partial charge in [0, 0.05) is 33.6 Å². The third kappa shape index (κ3) is 5.59. The Labute approximate surface area is 186 Å². The molecule has 0 radical (unpaired) electrons. The molecule has 7 heteroatoms. The van der Waals surface area contributed by atoms with Crippen LogP contribution in [-0.2, 0) is 4.79 Å². The molecule has 0 fully saturated rings. The number of halogens is 2. The van der Waals surface area contributed by atoms with Gasteiger partial charge in [-0.05, 0) is 102 Å². The Kier molecular flexibility index (Phi) is 7.91. The SMILES string of the molecule is CCN(CC)c1ccc(NC(=O)/C(C#N)=C\c2cc(I)cc(I)c2O)cc1. The molecule has 0 aromatic heterocycles. The number of phenolic OH excluding ortho intramolecular Hbond substituents is 1. The Morgan fingerprint density at radius 3 is 2.41 bits per heavy atom. The minimum atomic E-state index is -0.513. The Balaban J connectivity index is 2.22. The number of aromatic hydroxyl groups is 1. The van der Waals surface area contributed by atoms with Crippen LogP contribution in [0.5, 0.6) is 5.75 Å². The Bertz CT molecular complexity index is 899. The standard InChI is InChI=1S/C20H19I2N3O2/c1-3-25(4-2)17-7-5-16(6-8-17)24-20(27)14(12-23)9-13-10-15(21)11-18(22)19(13)26/h5-11,26H,3-4H2,1-2H3,(H,24,27)/b14-9-. The third-order valence-corrected chi connectivity index (χ3v) is 5.42. The molecule has 27 heavy (non-hydrogen) atoms. The number of anilines is 2. The van der Waals surface area contributed by atoms with Crippen molar-refractivity contribution in [2.75, 3.05) is 23.3 Å². The number of hydrogen-bond acceptors (Lipinski definition) is 4. The van der Waals surface area contributed by atoms with Crippen LogP contribution in [0.15, 0.2) is 42.0 Å². The quantitative estimate of drug-likeness (QED) is 0.284. The van der Waals surface area contributed by atoms with Crippen molar-refractivity contribution in [1.82, 2.24) is 0 Å². The van der Waals surface area contributed by atoms with E-state index in [2.05, 4.69) is 46.7 Å². The number of nitrogens with one attached hydrogen (secondary N) is 1. The molecular weight excluding hydrogens is 568 g/mol. The molecule has 0 aliphatic heterocycles. The predicted octanol–water partition coefficient (Wildman–Crippen LogP) is 4.99. The maximum absolute atomic E-state index is 12.5. The average molecular weight is 587 g/mol. The first-order valence-electron chi connectivity index (χ1n) is 8.35. The minimum absolute atomic E-state index is 0.0557. The van der Waals surface area contributed by atoms with E-state index in [0.717, 1.165) is 22.3 Å². The topological polar surface area (TPSA) is 76.4 Å². The number of nitrogens with zero attached hydrogens (tertiary/aromatic N) is 2. The molecule has 0 saturated heterocycles. The maximum Gasteiger partial charge on any atom is 0.266 e. The molecule has 0 saturated carbocycles. The van der Waals surface area contributed by atoms with Crippen molar-refractivity contribution in [3.63, 3.8) is 0 Å². The average Bonchev–Trinajstić information content (AvgIpc) is 2.65. The largest absolute Gasteiger partial charge is 0.506 e. The molecule has 1 amide bonds. The van der Waals surface area contributed by atoms with Crippen LogP contribution in [0.1, 0.15) is 19.4 Å². The Morgan fingerprint density at radius 1 is 1.22 bits per heavy atom. The summed E-state index contributed by atoms with van der Waals surface area (Å²) >= 11 is 4.14. The molecule has 0 heterocycles. The zero-order chi connectivity index (χ0) is 20.0. The number of carbonyl (C=O) groups is 1. The maximum atomic E-state index is 12.5. The van der Waals surface area contributed by atoms with Gasteiger partial charge in [0.15, 0.2) is 0 Å². The smallest absolute Gasteiger partial charge is 0.266 e. The molecule has 140 valence electrons. The van der Waals surface area contributed by atoms with Crippen LogP contribution in [0.25, 0.3) is 6.08 Å². The molecule has 0 unspecified atom stereocenters. The second-order valence-corrected chi connectivity index (χ2v) is 8.08. The van der Waals surface area contributed by atoms with E-state index in [1.807, 2.05) is 59.0 Å². The molecule has 2 aromatic carbocycles. The zero-order valence-electron chi connectivity index (χ0n) is 15.0. The van der Waals surface area contributed by atoms with Crippen molar-refractivity contribution in [3.8, 4) is 11.8 Å². The summed E-state index contributed by atoms with van der Waals surface area (Å²) < 4.78 is 1.57. The lowest BCUT2D eigenvalue weighted by Crippen LogP contribution is -2.21. The van der Waals surface area contributed by atoms with E-state index in [-0.39, 0.29) is 11.3 Å². The number of hydrogen-bond donors (Lipinski definition) is 2. The highest BCUT2D eigenvalue weighted by atomic mass is 127.